The molecule has 0 fully saturated rings. The summed E-state index contributed by atoms with van der Waals surface area (Å²) in [6.07, 6.45) is 0. The van der Waals surface area contributed by atoms with Crippen molar-refractivity contribution in [3.05, 3.63) is 28.8 Å². The minimum absolute atomic E-state index is 0. The topological polar surface area (TPSA) is 57.5 Å². The van der Waals surface area contributed by atoms with E-state index in [-0.39, 0.29) is 18.7 Å². The van der Waals surface area contributed by atoms with E-state index in [0.29, 0.717) is 5.56 Å². The molecule has 0 saturated carbocycles. The average Bonchev–Trinajstić information content (AvgIpc) is 2.14. The van der Waals surface area contributed by atoms with E-state index in [1.165, 1.54) is 6.07 Å². The fourth-order valence-electron chi connectivity index (χ4n) is 1.06. The second-order valence-electron chi connectivity index (χ2n) is 2.76. The van der Waals surface area contributed by atoms with E-state index in [9.17, 15) is 9.90 Å². The maximum Gasteiger partial charge on any atom is 0.336 e. The highest BCUT2D eigenvalue weighted by Crippen LogP contribution is 2.21. The van der Waals surface area contributed by atoms with E-state index in [0.717, 1.165) is 5.56 Å². The summed E-state index contributed by atoms with van der Waals surface area (Å²) in [6.45, 7) is 7.32. The number of carboxylic acids is 1. The molecule has 0 heterocycles. The van der Waals surface area contributed by atoms with Crippen molar-refractivity contribution in [2.75, 3.05) is 0 Å². The Morgan fingerprint density at radius 3 is 2.07 bits per heavy atom. The van der Waals surface area contributed by atoms with Gasteiger partial charge >= 0.3 is 5.97 Å². The van der Waals surface area contributed by atoms with Crippen LogP contribution in [0.4, 0.5) is 0 Å². The smallest absolute Gasteiger partial charge is 0.336 e. The van der Waals surface area contributed by atoms with Gasteiger partial charge in [-0.2, -0.15) is 0 Å². The number of carbonyl (C=O) groups is 1. The van der Waals surface area contributed by atoms with Crippen LogP contribution in [0, 0.1) is 13.8 Å². The summed E-state index contributed by atoms with van der Waals surface area (Å²) in [5, 5.41) is 18.0. The Hall–Kier alpha value is -1.51. The average molecular weight is 212 g/mol. The van der Waals surface area contributed by atoms with Gasteiger partial charge in [0, 0.05) is 5.56 Å². The lowest BCUT2D eigenvalue weighted by Crippen LogP contribution is -2.00. The summed E-state index contributed by atoms with van der Waals surface area (Å²) in [5.41, 5.74) is 1.32. The summed E-state index contributed by atoms with van der Waals surface area (Å²) in [7, 11) is 0. The lowest BCUT2D eigenvalue weighted by atomic mass is 10.0. The minimum atomic E-state index is -1.01. The fraction of sp³-hybridized carbons (Fsp3) is 0.417. The van der Waals surface area contributed by atoms with E-state index < -0.39 is 5.97 Å². The van der Waals surface area contributed by atoms with E-state index in [2.05, 4.69) is 0 Å². The Labute approximate surface area is 91.4 Å². The van der Waals surface area contributed by atoms with Gasteiger partial charge in [-0.15, -0.1) is 0 Å². The highest BCUT2D eigenvalue weighted by molar-refractivity contribution is 5.90. The molecule has 15 heavy (non-hydrogen) atoms. The van der Waals surface area contributed by atoms with Gasteiger partial charge in [0.05, 0.1) is 5.56 Å². The molecule has 0 bridgehead atoms. The van der Waals surface area contributed by atoms with Gasteiger partial charge in [0.25, 0.3) is 0 Å². The number of phenolic OH excluding ortho intramolecular Hbond substituents is 1. The van der Waals surface area contributed by atoms with Gasteiger partial charge in [-0.25, -0.2) is 4.79 Å². The number of aromatic hydroxyl groups is 1. The van der Waals surface area contributed by atoms with Gasteiger partial charge in [0.15, 0.2) is 0 Å². The zero-order valence-corrected chi connectivity index (χ0v) is 8.96. The summed E-state index contributed by atoms with van der Waals surface area (Å²) in [5.74, 6) is -0.973. The first kappa shape index (κ1) is 15.9. The van der Waals surface area contributed by atoms with Crippen LogP contribution in [0.15, 0.2) is 12.1 Å². The first-order chi connectivity index (χ1) is 6.52. The Morgan fingerprint density at radius 1 is 1.20 bits per heavy atom. The Balaban J connectivity index is 0. The SMILES string of the molecule is C.CC.Cc1cc(O)c(C)c(C(=O)O)c1. The lowest BCUT2D eigenvalue weighted by molar-refractivity contribution is 0.0695. The Bertz CT molecular complexity index is 330. The molecule has 1 aromatic rings. The molecule has 0 aromatic heterocycles. The molecule has 0 spiro atoms. The molecule has 0 saturated heterocycles. The summed E-state index contributed by atoms with van der Waals surface area (Å²) >= 11 is 0. The van der Waals surface area contributed by atoms with Gasteiger partial charge in [-0.1, -0.05) is 21.3 Å². The molecule has 86 valence electrons. The minimum Gasteiger partial charge on any atom is -0.508 e. The number of hydrogen-bond acceptors (Lipinski definition) is 2. The van der Waals surface area contributed by atoms with E-state index in [1.54, 1.807) is 19.9 Å². The third-order valence-corrected chi connectivity index (χ3v) is 1.76. The fourth-order valence-corrected chi connectivity index (χ4v) is 1.06. The monoisotopic (exact) mass is 212 g/mol. The molecular weight excluding hydrogens is 192 g/mol. The molecule has 3 heteroatoms. The molecule has 0 aliphatic carbocycles. The van der Waals surface area contributed by atoms with Crippen molar-refractivity contribution >= 4 is 5.97 Å². The number of hydrogen-bond donors (Lipinski definition) is 2. The van der Waals surface area contributed by atoms with Gasteiger partial charge in [-0.3, -0.25) is 0 Å². The number of benzene rings is 1. The third-order valence-electron chi connectivity index (χ3n) is 1.76. The van der Waals surface area contributed by atoms with Crippen LogP contribution in [0.25, 0.3) is 0 Å². The molecule has 1 aromatic carbocycles. The van der Waals surface area contributed by atoms with E-state index >= 15 is 0 Å². The molecule has 3 nitrogen and oxygen atoms in total. The zero-order chi connectivity index (χ0) is 11.3. The molecule has 0 radical (unpaired) electrons. The van der Waals surface area contributed by atoms with Crippen LogP contribution >= 0.6 is 0 Å². The standard InChI is InChI=1S/C9H10O3.C2H6.CH4/c1-5-3-7(9(11)12)6(2)8(10)4-5;1-2;/h3-4,10H,1-2H3,(H,11,12);1-2H3;1H4. The highest BCUT2D eigenvalue weighted by atomic mass is 16.4. The summed E-state index contributed by atoms with van der Waals surface area (Å²) < 4.78 is 0. The van der Waals surface area contributed by atoms with Crippen molar-refractivity contribution in [2.24, 2.45) is 0 Å². The number of aromatic carboxylic acids is 1. The quantitative estimate of drug-likeness (QED) is 0.750. The number of phenols is 1. The van der Waals surface area contributed by atoms with Crippen LogP contribution in [0.5, 0.6) is 5.75 Å². The second kappa shape index (κ2) is 6.87. The number of rotatable bonds is 1. The third kappa shape index (κ3) is 4.02. The van der Waals surface area contributed by atoms with Gasteiger partial charge in [-0.05, 0) is 31.5 Å². The molecule has 0 aliphatic heterocycles. The van der Waals surface area contributed by atoms with Crippen LogP contribution < -0.4 is 0 Å². The molecule has 2 N–H and O–H groups in total. The van der Waals surface area contributed by atoms with E-state index in [4.69, 9.17) is 5.11 Å². The molecule has 0 amide bonds. The summed E-state index contributed by atoms with van der Waals surface area (Å²) in [6, 6.07) is 3.08. The maximum atomic E-state index is 10.6. The second-order valence-corrected chi connectivity index (χ2v) is 2.76. The van der Waals surface area contributed by atoms with Crippen molar-refractivity contribution in [1.29, 1.82) is 0 Å². The summed E-state index contributed by atoms with van der Waals surface area (Å²) in [4.78, 5) is 10.6. The largest absolute Gasteiger partial charge is 0.508 e. The van der Waals surface area contributed by atoms with Crippen molar-refractivity contribution in [3.63, 3.8) is 0 Å². The molecule has 0 atom stereocenters. The number of carboxylic acid groups (broad SMARTS) is 1. The van der Waals surface area contributed by atoms with Crippen LogP contribution in [0.1, 0.15) is 42.8 Å². The normalized spacial score (nSPS) is 8.27. The molecular formula is C12H20O3. The Morgan fingerprint density at radius 2 is 1.67 bits per heavy atom. The molecule has 0 unspecified atom stereocenters. The van der Waals surface area contributed by atoms with Crippen molar-refractivity contribution in [3.8, 4) is 5.75 Å². The van der Waals surface area contributed by atoms with Gasteiger partial charge in [0.1, 0.15) is 5.75 Å². The first-order valence-electron chi connectivity index (χ1n) is 4.56. The van der Waals surface area contributed by atoms with Crippen molar-refractivity contribution in [1.82, 2.24) is 0 Å². The lowest BCUT2D eigenvalue weighted by Gasteiger charge is -2.04. The van der Waals surface area contributed by atoms with Gasteiger partial charge < -0.3 is 10.2 Å². The van der Waals surface area contributed by atoms with Crippen LogP contribution in [0.2, 0.25) is 0 Å². The first-order valence-corrected chi connectivity index (χ1v) is 4.56. The van der Waals surface area contributed by atoms with Crippen molar-refractivity contribution < 1.29 is 15.0 Å². The van der Waals surface area contributed by atoms with Crippen molar-refractivity contribution in [2.45, 2.75) is 35.1 Å². The maximum absolute atomic E-state index is 10.6. The van der Waals surface area contributed by atoms with Crippen LogP contribution in [-0.2, 0) is 0 Å². The predicted molar refractivity (Wildman–Crippen MR) is 62.6 cm³/mol. The molecule has 1 rings (SSSR count). The van der Waals surface area contributed by atoms with Crippen LogP contribution in [0.3, 0.4) is 0 Å². The number of aryl methyl sites for hydroxylation is 1. The van der Waals surface area contributed by atoms with Crippen LogP contribution in [-0.4, -0.2) is 16.2 Å². The Kier molecular flexibility index (Phi) is 7.30. The zero-order valence-electron chi connectivity index (χ0n) is 8.96. The highest BCUT2D eigenvalue weighted by Gasteiger charge is 2.10. The van der Waals surface area contributed by atoms with Gasteiger partial charge in [0.2, 0.25) is 0 Å². The predicted octanol–water partition coefficient (Wildman–Crippen LogP) is 3.37. The molecule has 0 aliphatic rings. The van der Waals surface area contributed by atoms with E-state index in [1.807, 2.05) is 13.8 Å².